The first-order valence-corrected chi connectivity index (χ1v) is 8.60. The van der Waals surface area contributed by atoms with E-state index in [2.05, 4.69) is 4.98 Å². The molecule has 0 N–H and O–H groups in total. The van der Waals surface area contributed by atoms with E-state index in [4.69, 9.17) is 16.3 Å². The second kappa shape index (κ2) is 6.64. The van der Waals surface area contributed by atoms with Crippen LogP contribution in [0.25, 0.3) is 10.9 Å². The molecule has 0 bridgehead atoms. The van der Waals surface area contributed by atoms with Gasteiger partial charge in [0.25, 0.3) is 0 Å². The molecule has 4 nitrogen and oxygen atoms in total. The molecule has 0 spiro atoms. The molecule has 0 fully saturated rings. The number of fused-ring (bicyclic) bond motifs is 1. The van der Waals surface area contributed by atoms with Crippen molar-refractivity contribution in [1.82, 2.24) is 9.55 Å². The lowest BCUT2D eigenvalue weighted by Gasteiger charge is -2.09. The summed E-state index contributed by atoms with van der Waals surface area (Å²) >= 11 is 7.88. The number of carbonyl (C=O) groups excluding carboxylic acids is 1. The molecule has 0 aliphatic carbocycles. The highest BCUT2D eigenvalue weighted by Crippen LogP contribution is 2.25. The summed E-state index contributed by atoms with van der Waals surface area (Å²) < 4.78 is 7.05. The van der Waals surface area contributed by atoms with Gasteiger partial charge in [-0.2, -0.15) is 0 Å². The largest absolute Gasteiger partial charge is 0.456 e. The summed E-state index contributed by atoms with van der Waals surface area (Å²) in [5.41, 5.74) is 2.03. The van der Waals surface area contributed by atoms with Crippen LogP contribution in [0.2, 0.25) is 5.15 Å². The number of pyridine rings is 1. The van der Waals surface area contributed by atoms with E-state index in [1.807, 2.05) is 30.5 Å². The highest BCUT2D eigenvalue weighted by atomic mass is 35.5. The summed E-state index contributed by atoms with van der Waals surface area (Å²) in [5, 5.41) is 1.33. The first-order valence-electron chi connectivity index (χ1n) is 7.00. The minimum atomic E-state index is -0.383. The van der Waals surface area contributed by atoms with Crippen LogP contribution >= 0.6 is 23.4 Å². The Kier molecular flexibility index (Phi) is 4.59. The first kappa shape index (κ1) is 15.9. The Bertz CT molecular complexity index is 876. The number of ether oxygens (including phenoxy) is 1. The molecular weight excluding hydrogens is 332 g/mol. The number of hydrogen-bond donors (Lipinski definition) is 0. The van der Waals surface area contributed by atoms with Gasteiger partial charge in [-0.05, 0) is 36.6 Å². The van der Waals surface area contributed by atoms with E-state index in [0.29, 0.717) is 16.4 Å². The number of hydrogen-bond acceptors (Lipinski definition) is 4. The van der Waals surface area contributed by atoms with Gasteiger partial charge >= 0.3 is 5.97 Å². The van der Waals surface area contributed by atoms with Crippen molar-refractivity contribution in [3.63, 3.8) is 0 Å². The summed E-state index contributed by atoms with van der Waals surface area (Å²) in [6, 6.07) is 11.4. The smallest absolute Gasteiger partial charge is 0.355 e. The number of carbonyl (C=O) groups is 1. The minimum absolute atomic E-state index is 0.0933. The van der Waals surface area contributed by atoms with E-state index < -0.39 is 0 Å². The summed E-state index contributed by atoms with van der Waals surface area (Å²) in [4.78, 5) is 17.6. The van der Waals surface area contributed by atoms with Crippen LogP contribution in [0.15, 0.2) is 47.5 Å². The number of thioether (sulfide) groups is 1. The van der Waals surface area contributed by atoms with Crippen molar-refractivity contribution >= 4 is 40.2 Å². The third-order valence-corrected chi connectivity index (χ3v) is 4.62. The molecule has 0 saturated heterocycles. The third kappa shape index (κ3) is 3.35. The van der Waals surface area contributed by atoms with Crippen molar-refractivity contribution in [3.8, 4) is 0 Å². The number of aryl methyl sites for hydroxylation is 1. The van der Waals surface area contributed by atoms with Gasteiger partial charge in [-0.3, -0.25) is 0 Å². The van der Waals surface area contributed by atoms with Crippen LogP contribution in [0, 0.1) is 0 Å². The monoisotopic (exact) mass is 346 g/mol. The summed E-state index contributed by atoms with van der Waals surface area (Å²) in [5.74, 6) is -0.383. The molecule has 6 heteroatoms. The van der Waals surface area contributed by atoms with Gasteiger partial charge in [0.05, 0.1) is 5.52 Å². The van der Waals surface area contributed by atoms with Crippen molar-refractivity contribution in [1.29, 1.82) is 0 Å². The molecule has 118 valence electrons. The van der Waals surface area contributed by atoms with Gasteiger partial charge < -0.3 is 9.30 Å². The zero-order chi connectivity index (χ0) is 16.4. The topological polar surface area (TPSA) is 44.1 Å². The lowest BCUT2D eigenvalue weighted by atomic mass is 10.2. The fourth-order valence-electron chi connectivity index (χ4n) is 2.29. The fourth-order valence-corrected chi connectivity index (χ4v) is 2.92. The number of aromatic nitrogens is 2. The Morgan fingerprint density at radius 2 is 2.17 bits per heavy atom. The van der Waals surface area contributed by atoms with Crippen molar-refractivity contribution in [2.24, 2.45) is 7.05 Å². The SMILES string of the molecule is CSc1ccc2cc(COC(=O)c3cccn3C)c(Cl)nc2c1. The van der Waals surface area contributed by atoms with Gasteiger partial charge in [0, 0.05) is 29.1 Å². The first-order chi connectivity index (χ1) is 11.1. The summed E-state index contributed by atoms with van der Waals surface area (Å²) in [6.45, 7) is 0.0933. The second-order valence-corrected chi connectivity index (χ2v) is 6.32. The highest BCUT2D eigenvalue weighted by molar-refractivity contribution is 7.98. The van der Waals surface area contributed by atoms with Gasteiger partial charge in [-0.25, -0.2) is 9.78 Å². The molecule has 1 aromatic carbocycles. The summed E-state index contributed by atoms with van der Waals surface area (Å²) in [6.07, 6.45) is 3.81. The summed E-state index contributed by atoms with van der Waals surface area (Å²) in [7, 11) is 1.80. The Hall–Kier alpha value is -1.98. The Morgan fingerprint density at radius 3 is 2.87 bits per heavy atom. The van der Waals surface area contributed by atoms with Crippen LogP contribution in [-0.4, -0.2) is 21.8 Å². The quantitative estimate of drug-likeness (QED) is 0.401. The standard InChI is InChI=1S/C17H15ClN2O2S/c1-20-7-3-4-15(20)17(21)22-10-12-8-11-5-6-13(23-2)9-14(11)19-16(12)18/h3-9H,10H2,1-2H3. The lowest BCUT2D eigenvalue weighted by molar-refractivity contribution is 0.0461. The van der Waals surface area contributed by atoms with Crippen LogP contribution in [0.1, 0.15) is 16.1 Å². The zero-order valence-corrected chi connectivity index (χ0v) is 14.3. The number of esters is 1. The molecule has 3 rings (SSSR count). The Morgan fingerprint density at radius 1 is 1.35 bits per heavy atom. The molecule has 0 aliphatic rings. The Balaban J connectivity index is 1.81. The van der Waals surface area contributed by atoms with Crippen LogP contribution < -0.4 is 0 Å². The van der Waals surface area contributed by atoms with Gasteiger partial charge in [0.1, 0.15) is 17.5 Å². The molecule has 0 atom stereocenters. The van der Waals surface area contributed by atoms with E-state index >= 15 is 0 Å². The van der Waals surface area contributed by atoms with Crippen molar-refractivity contribution in [2.45, 2.75) is 11.5 Å². The molecule has 2 heterocycles. The van der Waals surface area contributed by atoms with E-state index in [1.54, 1.807) is 41.7 Å². The predicted molar refractivity (Wildman–Crippen MR) is 93.1 cm³/mol. The second-order valence-electron chi connectivity index (χ2n) is 5.08. The number of halogens is 1. The molecule has 0 aliphatic heterocycles. The maximum atomic E-state index is 12.0. The van der Waals surface area contributed by atoms with Crippen LogP contribution in [0.5, 0.6) is 0 Å². The maximum absolute atomic E-state index is 12.0. The Labute approximate surface area is 143 Å². The molecular formula is C17H15ClN2O2S. The minimum Gasteiger partial charge on any atom is -0.456 e. The molecule has 0 amide bonds. The van der Waals surface area contributed by atoms with Crippen LogP contribution in [0.3, 0.4) is 0 Å². The maximum Gasteiger partial charge on any atom is 0.355 e. The fraction of sp³-hybridized carbons (Fsp3) is 0.176. The number of benzene rings is 1. The average Bonchev–Trinajstić information content (AvgIpc) is 2.98. The molecule has 2 aromatic heterocycles. The van der Waals surface area contributed by atoms with Gasteiger partial charge in [-0.1, -0.05) is 17.7 Å². The zero-order valence-electron chi connectivity index (χ0n) is 12.7. The van der Waals surface area contributed by atoms with Gasteiger partial charge in [0.15, 0.2) is 0 Å². The van der Waals surface area contributed by atoms with Crippen molar-refractivity contribution in [2.75, 3.05) is 6.26 Å². The molecule has 3 aromatic rings. The van der Waals surface area contributed by atoms with Crippen LogP contribution in [-0.2, 0) is 18.4 Å². The number of nitrogens with zero attached hydrogens (tertiary/aromatic N) is 2. The predicted octanol–water partition coefficient (Wildman–Crippen LogP) is 4.31. The van der Waals surface area contributed by atoms with Gasteiger partial charge in [-0.15, -0.1) is 11.8 Å². The van der Waals surface area contributed by atoms with Crippen molar-refractivity contribution in [3.05, 3.63) is 59.0 Å². The molecule has 0 radical (unpaired) electrons. The molecule has 23 heavy (non-hydrogen) atoms. The molecule has 0 saturated carbocycles. The average molecular weight is 347 g/mol. The third-order valence-electron chi connectivity index (χ3n) is 3.56. The van der Waals surface area contributed by atoms with Crippen molar-refractivity contribution < 1.29 is 9.53 Å². The normalized spacial score (nSPS) is 10.9. The van der Waals surface area contributed by atoms with E-state index in [9.17, 15) is 4.79 Å². The highest BCUT2D eigenvalue weighted by Gasteiger charge is 2.12. The lowest BCUT2D eigenvalue weighted by Crippen LogP contribution is -2.10. The van der Waals surface area contributed by atoms with E-state index in [0.717, 1.165) is 15.8 Å². The number of rotatable bonds is 4. The van der Waals surface area contributed by atoms with E-state index in [1.165, 1.54) is 0 Å². The van der Waals surface area contributed by atoms with Gasteiger partial charge in [0.2, 0.25) is 0 Å². The van der Waals surface area contributed by atoms with Crippen LogP contribution in [0.4, 0.5) is 0 Å². The molecule has 0 unspecified atom stereocenters. The van der Waals surface area contributed by atoms with E-state index in [-0.39, 0.29) is 12.6 Å².